The van der Waals surface area contributed by atoms with Crippen molar-refractivity contribution in [1.29, 1.82) is 0 Å². The monoisotopic (exact) mass is 278 g/mol. The number of nitrogens with one attached hydrogen (secondary N) is 1. The van der Waals surface area contributed by atoms with Gasteiger partial charge in [-0.25, -0.2) is 4.98 Å². The molecule has 0 radical (unpaired) electrons. The number of halogens is 1. The van der Waals surface area contributed by atoms with Crippen LogP contribution in [0.4, 0.5) is 0 Å². The van der Waals surface area contributed by atoms with Gasteiger partial charge in [0.25, 0.3) is 0 Å². The van der Waals surface area contributed by atoms with Crippen molar-refractivity contribution in [3.8, 4) is 0 Å². The summed E-state index contributed by atoms with van der Waals surface area (Å²) in [4.78, 5) is 4.30. The Kier molecular flexibility index (Phi) is 4.56. The van der Waals surface area contributed by atoms with Crippen LogP contribution < -0.4 is 5.32 Å². The number of likely N-dealkylation sites (N-methyl/N-ethyl adjacent to an activating group) is 1. The quantitative estimate of drug-likeness (QED) is 0.914. The van der Waals surface area contributed by atoms with Crippen LogP contribution in [-0.2, 0) is 13.5 Å². The standard InChI is InChI=1S/C14H19ClN4/c1-4-16-13(8-14-17-9-18-19(14)3)12-6-5-11(15)7-10(12)2/h5-7,9,13,16H,4,8H2,1-3H3. The molecule has 0 fully saturated rings. The van der Waals surface area contributed by atoms with Crippen LogP contribution in [0.5, 0.6) is 0 Å². The van der Waals surface area contributed by atoms with Crippen LogP contribution in [0.2, 0.25) is 5.02 Å². The van der Waals surface area contributed by atoms with Gasteiger partial charge in [0.2, 0.25) is 0 Å². The molecule has 1 aromatic carbocycles. The Hall–Kier alpha value is -1.39. The van der Waals surface area contributed by atoms with Gasteiger partial charge in [0.05, 0.1) is 0 Å². The molecule has 0 aliphatic carbocycles. The first-order chi connectivity index (χ1) is 9.11. The third-order valence-electron chi connectivity index (χ3n) is 3.25. The van der Waals surface area contributed by atoms with E-state index in [1.54, 1.807) is 6.33 Å². The summed E-state index contributed by atoms with van der Waals surface area (Å²) in [5.74, 6) is 0.973. The lowest BCUT2D eigenvalue weighted by molar-refractivity contribution is 0.520. The topological polar surface area (TPSA) is 42.7 Å². The van der Waals surface area contributed by atoms with E-state index in [9.17, 15) is 0 Å². The van der Waals surface area contributed by atoms with Crippen LogP contribution in [0.25, 0.3) is 0 Å². The smallest absolute Gasteiger partial charge is 0.138 e. The summed E-state index contributed by atoms with van der Waals surface area (Å²) in [6.45, 7) is 5.10. The molecule has 4 nitrogen and oxygen atoms in total. The normalized spacial score (nSPS) is 12.6. The molecule has 0 saturated carbocycles. The largest absolute Gasteiger partial charge is 0.310 e. The highest BCUT2D eigenvalue weighted by Gasteiger charge is 2.16. The highest BCUT2D eigenvalue weighted by Crippen LogP contribution is 2.23. The van der Waals surface area contributed by atoms with Crippen LogP contribution >= 0.6 is 11.6 Å². The predicted octanol–water partition coefficient (Wildman–Crippen LogP) is 2.67. The molecule has 0 aliphatic heterocycles. The second kappa shape index (κ2) is 6.17. The molecule has 5 heteroatoms. The van der Waals surface area contributed by atoms with Crippen LogP contribution in [0.3, 0.4) is 0 Å². The van der Waals surface area contributed by atoms with E-state index in [0.717, 1.165) is 23.8 Å². The molecule has 1 atom stereocenters. The third kappa shape index (κ3) is 3.33. The predicted molar refractivity (Wildman–Crippen MR) is 77.3 cm³/mol. The number of nitrogens with zero attached hydrogens (tertiary/aromatic N) is 3. The molecule has 1 heterocycles. The zero-order chi connectivity index (χ0) is 13.8. The van der Waals surface area contributed by atoms with Gasteiger partial charge in [0.1, 0.15) is 12.2 Å². The van der Waals surface area contributed by atoms with Gasteiger partial charge in [0, 0.05) is 24.5 Å². The summed E-state index contributed by atoms with van der Waals surface area (Å²) >= 11 is 6.02. The molecule has 19 heavy (non-hydrogen) atoms. The van der Waals surface area contributed by atoms with Gasteiger partial charge in [0.15, 0.2) is 0 Å². The van der Waals surface area contributed by atoms with Gasteiger partial charge >= 0.3 is 0 Å². The van der Waals surface area contributed by atoms with Crippen molar-refractivity contribution in [2.24, 2.45) is 7.05 Å². The lowest BCUT2D eigenvalue weighted by Crippen LogP contribution is -2.25. The minimum Gasteiger partial charge on any atom is -0.310 e. The van der Waals surface area contributed by atoms with Gasteiger partial charge < -0.3 is 5.32 Å². The summed E-state index contributed by atoms with van der Waals surface area (Å²) < 4.78 is 1.82. The molecule has 2 rings (SSSR count). The molecule has 102 valence electrons. The second-order valence-corrected chi connectivity index (χ2v) is 5.05. The van der Waals surface area contributed by atoms with E-state index in [0.29, 0.717) is 0 Å². The van der Waals surface area contributed by atoms with E-state index in [4.69, 9.17) is 11.6 Å². The van der Waals surface area contributed by atoms with Gasteiger partial charge in [-0.1, -0.05) is 24.6 Å². The average molecular weight is 279 g/mol. The summed E-state index contributed by atoms with van der Waals surface area (Å²) in [6, 6.07) is 6.25. The molecular weight excluding hydrogens is 260 g/mol. The number of aromatic nitrogens is 3. The SMILES string of the molecule is CCNC(Cc1ncnn1C)c1ccc(Cl)cc1C. The van der Waals surface area contributed by atoms with E-state index in [1.807, 2.05) is 23.9 Å². The average Bonchev–Trinajstić information content (AvgIpc) is 2.75. The number of rotatable bonds is 5. The van der Waals surface area contributed by atoms with Crippen molar-refractivity contribution in [3.05, 3.63) is 46.5 Å². The Balaban J connectivity index is 2.27. The fraction of sp³-hybridized carbons (Fsp3) is 0.429. The lowest BCUT2D eigenvalue weighted by Gasteiger charge is -2.20. The first kappa shape index (κ1) is 14.0. The zero-order valence-electron chi connectivity index (χ0n) is 11.5. The Morgan fingerprint density at radius 2 is 2.21 bits per heavy atom. The zero-order valence-corrected chi connectivity index (χ0v) is 12.3. The molecule has 2 aromatic rings. The number of aryl methyl sites for hydroxylation is 2. The molecule has 0 amide bonds. The molecule has 0 spiro atoms. The van der Waals surface area contributed by atoms with Crippen molar-refractivity contribution >= 4 is 11.6 Å². The highest BCUT2D eigenvalue weighted by molar-refractivity contribution is 6.30. The molecule has 0 saturated heterocycles. The van der Waals surface area contributed by atoms with Gasteiger partial charge in [-0.05, 0) is 36.7 Å². The van der Waals surface area contributed by atoms with Crippen molar-refractivity contribution in [1.82, 2.24) is 20.1 Å². The van der Waals surface area contributed by atoms with Crippen LogP contribution in [0, 0.1) is 6.92 Å². The Morgan fingerprint density at radius 3 is 2.79 bits per heavy atom. The van der Waals surface area contributed by atoms with Crippen molar-refractivity contribution < 1.29 is 0 Å². The molecule has 0 bridgehead atoms. The maximum atomic E-state index is 6.02. The van der Waals surface area contributed by atoms with E-state index in [2.05, 4.69) is 35.3 Å². The molecular formula is C14H19ClN4. The summed E-state index contributed by atoms with van der Waals surface area (Å²) in [5, 5.41) is 8.39. The maximum Gasteiger partial charge on any atom is 0.138 e. The van der Waals surface area contributed by atoms with Crippen LogP contribution in [0.15, 0.2) is 24.5 Å². The fourth-order valence-corrected chi connectivity index (χ4v) is 2.48. The highest BCUT2D eigenvalue weighted by atomic mass is 35.5. The van der Waals surface area contributed by atoms with Crippen molar-refractivity contribution in [2.75, 3.05) is 6.54 Å². The van der Waals surface area contributed by atoms with E-state index in [1.165, 1.54) is 11.1 Å². The van der Waals surface area contributed by atoms with Gasteiger partial charge in [-0.2, -0.15) is 5.10 Å². The Morgan fingerprint density at radius 1 is 1.42 bits per heavy atom. The van der Waals surface area contributed by atoms with Gasteiger partial charge in [-0.3, -0.25) is 4.68 Å². The molecule has 1 aromatic heterocycles. The number of benzene rings is 1. The first-order valence-corrected chi connectivity index (χ1v) is 6.82. The van der Waals surface area contributed by atoms with Crippen LogP contribution in [0.1, 0.15) is 29.9 Å². The minimum absolute atomic E-state index is 0.227. The third-order valence-corrected chi connectivity index (χ3v) is 3.48. The van der Waals surface area contributed by atoms with Crippen LogP contribution in [-0.4, -0.2) is 21.3 Å². The molecule has 1 N–H and O–H groups in total. The lowest BCUT2D eigenvalue weighted by atomic mass is 9.98. The van der Waals surface area contributed by atoms with E-state index < -0.39 is 0 Å². The minimum atomic E-state index is 0.227. The number of hydrogen-bond donors (Lipinski definition) is 1. The fourth-order valence-electron chi connectivity index (χ4n) is 2.26. The first-order valence-electron chi connectivity index (χ1n) is 6.44. The summed E-state index contributed by atoms with van der Waals surface area (Å²) in [5.41, 5.74) is 2.45. The summed E-state index contributed by atoms with van der Waals surface area (Å²) in [7, 11) is 1.92. The van der Waals surface area contributed by atoms with Gasteiger partial charge in [-0.15, -0.1) is 0 Å². The maximum absolute atomic E-state index is 6.02. The van der Waals surface area contributed by atoms with Crippen molar-refractivity contribution in [2.45, 2.75) is 26.3 Å². The van der Waals surface area contributed by atoms with E-state index >= 15 is 0 Å². The molecule has 1 unspecified atom stereocenters. The Labute approximate surface area is 118 Å². The Bertz CT molecular complexity index is 550. The molecule has 0 aliphatic rings. The second-order valence-electron chi connectivity index (χ2n) is 4.62. The summed E-state index contributed by atoms with van der Waals surface area (Å²) in [6.07, 6.45) is 2.40. The number of hydrogen-bond acceptors (Lipinski definition) is 3. The van der Waals surface area contributed by atoms with E-state index in [-0.39, 0.29) is 6.04 Å². The van der Waals surface area contributed by atoms with Crippen molar-refractivity contribution in [3.63, 3.8) is 0 Å².